The number of benzene rings is 2. The van der Waals surface area contributed by atoms with Crippen LogP contribution >= 0.6 is 0 Å². The molecule has 33 heavy (non-hydrogen) atoms. The Hall–Kier alpha value is -2.69. The van der Waals surface area contributed by atoms with Crippen LogP contribution in [0.1, 0.15) is 99.9 Å². The Labute approximate surface area is 198 Å². The van der Waals surface area contributed by atoms with E-state index < -0.39 is 4.92 Å². The molecule has 180 valence electrons. The Balaban J connectivity index is 1.54. The molecule has 0 aromatic heterocycles. The van der Waals surface area contributed by atoms with Gasteiger partial charge >= 0.3 is 0 Å². The van der Waals surface area contributed by atoms with E-state index in [1.165, 1.54) is 82.8 Å². The third-order valence-electron chi connectivity index (χ3n) is 5.95. The Morgan fingerprint density at radius 2 is 1.27 bits per heavy atom. The lowest BCUT2D eigenvalue weighted by atomic mass is 10.0. The van der Waals surface area contributed by atoms with Gasteiger partial charge in [-0.05, 0) is 36.2 Å². The molecule has 0 saturated carbocycles. The van der Waals surface area contributed by atoms with Crippen LogP contribution in [-0.4, -0.2) is 17.3 Å². The number of ether oxygens (including phenoxy) is 1. The highest BCUT2D eigenvalue weighted by atomic mass is 16.6. The Kier molecular flexibility index (Phi) is 12.9. The topological polar surface area (TPSA) is 69.4 Å². The maximum Gasteiger partial charge on any atom is 0.269 e. The van der Waals surface area contributed by atoms with Crippen molar-refractivity contribution in [3.63, 3.8) is 0 Å². The minimum atomic E-state index is -0.443. The first-order chi connectivity index (χ1) is 16.1. The van der Waals surface area contributed by atoms with Crippen LogP contribution in [0, 0.1) is 10.1 Å². The SMILES string of the molecule is CCCCCCCCCCCCCCOc1ccc(C(=O)Cc2ccc([N+](=O)[O-])cc2)cc1. The van der Waals surface area contributed by atoms with Crippen LogP contribution in [0.3, 0.4) is 0 Å². The molecule has 0 aliphatic carbocycles. The molecule has 0 atom stereocenters. The molecule has 0 aliphatic heterocycles. The lowest BCUT2D eigenvalue weighted by molar-refractivity contribution is -0.384. The van der Waals surface area contributed by atoms with Crippen LogP contribution in [-0.2, 0) is 6.42 Å². The molecule has 0 spiro atoms. The van der Waals surface area contributed by atoms with E-state index in [4.69, 9.17) is 4.74 Å². The molecule has 0 unspecified atom stereocenters. The van der Waals surface area contributed by atoms with Gasteiger partial charge in [-0.1, -0.05) is 89.7 Å². The number of unbranched alkanes of at least 4 members (excludes halogenated alkanes) is 11. The van der Waals surface area contributed by atoms with Crippen molar-refractivity contribution in [2.45, 2.75) is 90.4 Å². The zero-order valence-electron chi connectivity index (χ0n) is 20.1. The van der Waals surface area contributed by atoms with Gasteiger partial charge in [0.25, 0.3) is 5.69 Å². The fourth-order valence-electron chi connectivity index (χ4n) is 3.89. The van der Waals surface area contributed by atoms with Gasteiger partial charge in [0.05, 0.1) is 11.5 Å². The average Bonchev–Trinajstić information content (AvgIpc) is 2.82. The van der Waals surface area contributed by atoms with Crippen molar-refractivity contribution in [3.05, 3.63) is 69.8 Å². The molecule has 5 nitrogen and oxygen atoms in total. The van der Waals surface area contributed by atoms with Gasteiger partial charge in [-0.2, -0.15) is 0 Å². The monoisotopic (exact) mass is 453 g/mol. The summed E-state index contributed by atoms with van der Waals surface area (Å²) < 4.78 is 5.81. The van der Waals surface area contributed by atoms with Crippen molar-refractivity contribution in [1.29, 1.82) is 0 Å². The summed E-state index contributed by atoms with van der Waals surface area (Å²) in [5, 5.41) is 10.7. The maximum atomic E-state index is 12.5. The lowest BCUT2D eigenvalue weighted by Crippen LogP contribution is -2.04. The normalized spacial score (nSPS) is 10.8. The van der Waals surface area contributed by atoms with Crippen LogP contribution < -0.4 is 4.74 Å². The number of non-ortho nitro benzene ring substituents is 1. The van der Waals surface area contributed by atoms with Crippen LogP contribution in [0.4, 0.5) is 5.69 Å². The molecule has 2 aromatic carbocycles. The van der Waals surface area contributed by atoms with Crippen molar-refractivity contribution >= 4 is 11.5 Å². The van der Waals surface area contributed by atoms with Crippen molar-refractivity contribution in [2.24, 2.45) is 0 Å². The van der Waals surface area contributed by atoms with E-state index in [0.717, 1.165) is 17.7 Å². The number of Topliss-reactive ketones (excluding diaryl/α,β-unsaturated/α-hetero) is 1. The summed E-state index contributed by atoms with van der Waals surface area (Å²) in [5.41, 5.74) is 1.41. The summed E-state index contributed by atoms with van der Waals surface area (Å²) in [5.74, 6) is 0.765. The molecule has 0 amide bonds. The highest BCUT2D eigenvalue weighted by Gasteiger charge is 2.10. The average molecular weight is 454 g/mol. The van der Waals surface area contributed by atoms with Crippen molar-refractivity contribution < 1.29 is 14.5 Å². The first kappa shape index (κ1) is 26.6. The highest BCUT2D eigenvalue weighted by molar-refractivity contribution is 5.97. The van der Waals surface area contributed by atoms with Gasteiger partial charge in [0.1, 0.15) is 5.75 Å². The van der Waals surface area contributed by atoms with E-state index in [-0.39, 0.29) is 17.9 Å². The predicted molar refractivity (Wildman–Crippen MR) is 134 cm³/mol. The summed E-state index contributed by atoms with van der Waals surface area (Å²) in [6, 6.07) is 13.3. The van der Waals surface area contributed by atoms with Gasteiger partial charge in [0.2, 0.25) is 0 Å². The molecule has 0 bridgehead atoms. The number of hydrogen-bond donors (Lipinski definition) is 0. The molecule has 0 N–H and O–H groups in total. The Morgan fingerprint density at radius 1 is 0.758 bits per heavy atom. The van der Waals surface area contributed by atoms with Gasteiger partial charge in [-0.15, -0.1) is 0 Å². The number of rotatable bonds is 18. The van der Waals surface area contributed by atoms with E-state index >= 15 is 0 Å². The van der Waals surface area contributed by atoms with Gasteiger partial charge in [-0.3, -0.25) is 14.9 Å². The highest BCUT2D eigenvalue weighted by Crippen LogP contribution is 2.17. The minimum absolute atomic E-state index is 0.0173. The molecule has 2 aromatic rings. The number of ketones is 1. The predicted octanol–water partition coefficient (Wildman–Crippen LogP) is 8.10. The van der Waals surface area contributed by atoms with Crippen LogP contribution in [0.5, 0.6) is 5.75 Å². The number of nitro benzene ring substituents is 1. The molecule has 0 saturated heterocycles. The van der Waals surface area contributed by atoms with Crippen LogP contribution in [0.15, 0.2) is 48.5 Å². The maximum absolute atomic E-state index is 12.5. The number of carbonyl (C=O) groups is 1. The third-order valence-corrected chi connectivity index (χ3v) is 5.95. The zero-order chi connectivity index (χ0) is 23.7. The van der Waals surface area contributed by atoms with Crippen LogP contribution in [0.25, 0.3) is 0 Å². The summed E-state index contributed by atoms with van der Waals surface area (Å²) in [4.78, 5) is 22.7. The van der Waals surface area contributed by atoms with Crippen molar-refractivity contribution in [3.8, 4) is 5.75 Å². The number of nitrogens with zero attached hydrogens (tertiary/aromatic N) is 1. The first-order valence-corrected chi connectivity index (χ1v) is 12.6. The second-order valence-corrected chi connectivity index (χ2v) is 8.79. The van der Waals surface area contributed by atoms with Crippen molar-refractivity contribution in [2.75, 3.05) is 6.61 Å². The Bertz CT molecular complexity index is 815. The summed E-state index contributed by atoms with van der Waals surface area (Å²) >= 11 is 0. The molecule has 0 fully saturated rings. The van der Waals surface area contributed by atoms with E-state index in [1.54, 1.807) is 24.3 Å². The van der Waals surface area contributed by atoms with E-state index in [1.807, 2.05) is 12.1 Å². The third kappa shape index (κ3) is 11.1. The van der Waals surface area contributed by atoms with E-state index in [0.29, 0.717) is 12.2 Å². The number of nitro groups is 1. The molecule has 0 radical (unpaired) electrons. The standard InChI is InChI=1S/C28H39NO4/c1-2-3-4-5-6-7-8-9-10-11-12-13-22-33-27-20-16-25(17-21-27)28(30)23-24-14-18-26(19-15-24)29(31)32/h14-21H,2-13,22-23H2,1H3. The fourth-order valence-corrected chi connectivity index (χ4v) is 3.89. The molecular weight excluding hydrogens is 414 g/mol. The van der Waals surface area contributed by atoms with E-state index in [2.05, 4.69) is 6.92 Å². The molecule has 0 aliphatic rings. The van der Waals surface area contributed by atoms with Gasteiger partial charge in [0, 0.05) is 24.1 Å². The summed E-state index contributed by atoms with van der Waals surface area (Å²) in [6.45, 7) is 2.96. The largest absolute Gasteiger partial charge is 0.494 e. The van der Waals surface area contributed by atoms with Gasteiger partial charge < -0.3 is 4.74 Å². The number of hydrogen-bond acceptors (Lipinski definition) is 4. The van der Waals surface area contributed by atoms with Gasteiger partial charge in [0.15, 0.2) is 5.78 Å². The molecule has 2 rings (SSSR count). The van der Waals surface area contributed by atoms with Crippen LogP contribution in [0.2, 0.25) is 0 Å². The minimum Gasteiger partial charge on any atom is -0.494 e. The molecule has 5 heteroatoms. The second kappa shape index (κ2) is 16.0. The zero-order valence-corrected chi connectivity index (χ0v) is 20.1. The quantitative estimate of drug-likeness (QED) is 0.0989. The lowest BCUT2D eigenvalue weighted by Gasteiger charge is -2.07. The summed E-state index contributed by atoms with van der Waals surface area (Å²) in [6.07, 6.45) is 16.1. The summed E-state index contributed by atoms with van der Waals surface area (Å²) in [7, 11) is 0. The van der Waals surface area contributed by atoms with Gasteiger partial charge in [-0.25, -0.2) is 0 Å². The molecule has 0 heterocycles. The smallest absolute Gasteiger partial charge is 0.269 e. The fraction of sp³-hybridized carbons (Fsp3) is 0.536. The van der Waals surface area contributed by atoms with Crippen molar-refractivity contribution in [1.82, 2.24) is 0 Å². The molecular formula is C28H39NO4. The second-order valence-electron chi connectivity index (χ2n) is 8.79. The number of carbonyl (C=O) groups excluding carboxylic acids is 1. The first-order valence-electron chi connectivity index (χ1n) is 12.6. The Morgan fingerprint density at radius 3 is 1.79 bits per heavy atom. The van der Waals surface area contributed by atoms with E-state index in [9.17, 15) is 14.9 Å².